The maximum absolute atomic E-state index is 13.2. The molecule has 0 bridgehead atoms. The van der Waals surface area contributed by atoms with Crippen molar-refractivity contribution in [2.45, 2.75) is 33.6 Å². The Morgan fingerprint density at radius 3 is 2.00 bits per heavy atom. The molecule has 0 radical (unpaired) electrons. The van der Waals surface area contributed by atoms with Crippen LogP contribution in [0.15, 0.2) is 30.3 Å². The number of aryl methyl sites for hydroxylation is 1. The molecule has 7 nitrogen and oxygen atoms in total. The molecule has 168 valence electrons. The van der Waals surface area contributed by atoms with Crippen molar-refractivity contribution in [3.63, 3.8) is 0 Å². The van der Waals surface area contributed by atoms with E-state index in [0.717, 1.165) is 12.1 Å². The summed E-state index contributed by atoms with van der Waals surface area (Å²) < 4.78 is 42.9. The Balaban J connectivity index is 2.02. The zero-order valence-electron chi connectivity index (χ0n) is 17.7. The van der Waals surface area contributed by atoms with E-state index in [1.807, 2.05) is 6.92 Å². The first-order valence-corrected chi connectivity index (χ1v) is 9.99. The fraction of sp³-hybridized carbons (Fsp3) is 0.364. The molecule has 0 aliphatic heterocycles. The van der Waals surface area contributed by atoms with Gasteiger partial charge in [-0.3, -0.25) is 20.4 Å². The molecule has 0 aliphatic carbocycles. The summed E-state index contributed by atoms with van der Waals surface area (Å²) in [5, 5.41) is 0. The van der Waals surface area contributed by atoms with Gasteiger partial charge in [0.05, 0.1) is 19.8 Å². The molecule has 0 saturated heterocycles. The zero-order chi connectivity index (χ0) is 22.8. The van der Waals surface area contributed by atoms with Gasteiger partial charge in [0.25, 0.3) is 5.91 Å². The number of ether oxygens (including phenoxy) is 3. The highest BCUT2D eigenvalue weighted by Gasteiger charge is 2.18. The summed E-state index contributed by atoms with van der Waals surface area (Å²) in [5.41, 5.74) is 5.29. The summed E-state index contributed by atoms with van der Waals surface area (Å²) in [5.74, 6) is -1.88. The summed E-state index contributed by atoms with van der Waals surface area (Å²) in [6.45, 7) is 6.53. The first-order valence-electron chi connectivity index (χ1n) is 9.99. The van der Waals surface area contributed by atoms with Crippen LogP contribution in [0.2, 0.25) is 0 Å². The predicted molar refractivity (Wildman–Crippen MR) is 110 cm³/mol. The summed E-state index contributed by atoms with van der Waals surface area (Å²) in [4.78, 5) is 24.5. The summed E-state index contributed by atoms with van der Waals surface area (Å²) in [7, 11) is 0. The number of nitrogens with one attached hydrogen (secondary N) is 2. The van der Waals surface area contributed by atoms with Gasteiger partial charge in [-0.15, -0.1) is 0 Å². The maximum Gasteiger partial charge on any atom is 0.269 e. The van der Waals surface area contributed by atoms with Crippen LogP contribution in [-0.4, -0.2) is 31.6 Å². The van der Waals surface area contributed by atoms with Gasteiger partial charge in [0.15, 0.2) is 23.1 Å². The third-order valence-electron chi connectivity index (χ3n) is 4.11. The van der Waals surface area contributed by atoms with Gasteiger partial charge in [-0.25, -0.2) is 8.78 Å². The van der Waals surface area contributed by atoms with Crippen molar-refractivity contribution in [1.82, 2.24) is 10.9 Å². The number of benzene rings is 2. The first-order chi connectivity index (χ1) is 14.9. The summed E-state index contributed by atoms with van der Waals surface area (Å²) in [6, 6.07) is 6.43. The average Bonchev–Trinajstić information content (AvgIpc) is 2.75. The number of halogens is 2. The number of hydrogen-bond donors (Lipinski definition) is 2. The number of hydrazine groups is 1. The second kappa shape index (κ2) is 11.7. The lowest BCUT2D eigenvalue weighted by atomic mass is 10.1. The lowest BCUT2D eigenvalue weighted by Gasteiger charge is -2.17. The topological polar surface area (TPSA) is 85.9 Å². The SMILES string of the molecule is CCOc1cc(C(=O)NNC(=O)CCc2ccc(F)c(F)c2)cc(OCC)c1OCC. The van der Waals surface area contributed by atoms with Crippen molar-refractivity contribution in [3.05, 3.63) is 53.1 Å². The molecule has 0 spiro atoms. The molecular formula is C22H26F2N2O5. The summed E-state index contributed by atoms with van der Waals surface area (Å²) in [6.07, 6.45) is 0.161. The van der Waals surface area contributed by atoms with Gasteiger partial charge in [-0.2, -0.15) is 0 Å². The van der Waals surface area contributed by atoms with E-state index in [1.165, 1.54) is 18.2 Å². The van der Waals surface area contributed by atoms with Crippen LogP contribution in [0.3, 0.4) is 0 Å². The van der Waals surface area contributed by atoms with Gasteiger partial charge in [-0.05, 0) is 57.0 Å². The van der Waals surface area contributed by atoms with Gasteiger partial charge in [0.2, 0.25) is 11.7 Å². The minimum atomic E-state index is -0.975. The van der Waals surface area contributed by atoms with E-state index in [-0.39, 0.29) is 18.4 Å². The standard InChI is InChI=1S/C22H26F2N2O5/c1-4-29-18-12-15(13-19(30-5-2)21(18)31-6-3)22(28)26-25-20(27)10-8-14-7-9-16(23)17(24)11-14/h7,9,11-13H,4-6,8,10H2,1-3H3,(H,25,27)(H,26,28). The largest absolute Gasteiger partial charge is 0.490 e. The Bertz CT molecular complexity index is 894. The lowest BCUT2D eigenvalue weighted by molar-refractivity contribution is -0.121. The predicted octanol–water partition coefficient (Wildman–Crippen LogP) is 3.55. The van der Waals surface area contributed by atoms with Gasteiger partial charge >= 0.3 is 0 Å². The molecule has 0 atom stereocenters. The van der Waals surface area contributed by atoms with E-state index < -0.39 is 23.4 Å². The Hall–Kier alpha value is -3.36. The molecule has 0 heterocycles. The van der Waals surface area contributed by atoms with Gasteiger partial charge in [-0.1, -0.05) is 6.07 Å². The Morgan fingerprint density at radius 1 is 0.839 bits per heavy atom. The van der Waals surface area contributed by atoms with Crippen LogP contribution in [-0.2, 0) is 11.2 Å². The van der Waals surface area contributed by atoms with Crippen molar-refractivity contribution in [2.24, 2.45) is 0 Å². The Morgan fingerprint density at radius 2 is 1.45 bits per heavy atom. The highest BCUT2D eigenvalue weighted by molar-refractivity contribution is 5.96. The number of hydrogen-bond acceptors (Lipinski definition) is 5. The zero-order valence-corrected chi connectivity index (χ0v) is 17.7. The van der Waals surface area contributed by atoms with Crippen molar-refractivity contribution in [1.29, 1.82) is 0 Å². The van der Waals surface area contributed by atoms with Crippen molar-refractivity contribution >= 4 is 11.8 Å². The van der Waals surface area contributed by atoms with E-state index >= 15 is 0 Å². The number of rotatable bonds is 10. The summed E-state index contributed by atoms with van der Waals surface area (Å²) >= 11 is 0. The quantitative estimate of drug-likeness (QED) is 0.557. The van der Waals surface area contributed by atoms with Gasteiger partial charge in [0, 0.05) is 12.0 Å². The van der Waals surface area contributed by atoms with Crippen LogP contribution in [0, 0.1) is 11.6 Å². The van der Waals surface area contributed by atoms with E-state index in [1.54, 1.807) is 13.8 Å². The Labute approximate surface area is 179 Å². The first kappa shape index (κ1) is 23.9. The van der Waals surface area contributed by atoms with Crippen LogP contribution < -0.4 is 25.1 Å². The molecule has 0 aromatic heterocycles. The molecule has 9 heteroatoms. The normalized spacial score (nSPS) is 10.4. The monoisotopic (exact) mass is 436 g/mol. The lowest BCUT2D eigenvalue weighted by Crippen LogP contribution is -2.41. The van der Waals surface area contributed by atoms with Crippen molar-refractivity contribution in [2.75, 3.05) is 19.8 Å². The third kappa shape index (κ3) is 6.84. The molecule has 0 fully saturated rings. The second-order valence-corrected chi connectivity index (χ2v) is 6.35. The maximum atomic E-state index is 13.2. The minimum Gasteiger partial charge on any atom is -0.490 e. The van der Waals surface area contributed by atoms with Crippen LogP contribution in [0.5, 0.6) is 17.2 Å². The molecule has 2 rings (SSSR count). The van der Waals surface area contributed by atoms with E-state index in [0.29, 0.717) is 42.6 Å². The molecule has 0 unspecified atom stereocenters. The molecule has 31 heavy (non-hydrogen) atoms. The van der Waals surface area contributed by atoms with Gasteiger partial charge < -0.3 is 14.2 Å². The van der Waals surface area contributed by atoms with E-state index in [2.05, 4.69) is 10.9 Å². The molecule has 2 amide bonds. The molecule has 2 N–H and O–H groups in total. The van der Waals surface area contributed by atoms with Crippen LogP contribution in [0.4, 0.5) is 8.78 Å². The fourth-order valence-corrected chi connectivity index (χ4v) is 2.73. The molecule has 0 saturated carbocycles. The highest BCUT2D eigenvalue weighted by Crippen LogP contribution is 2.39. The minimum absolute atomic E-state index is 0.0248. The smallest absolute Gasteiger partial charge is 0.269 e. The third-order valence-corrected chi connectivity index (χ3v) is 4.11. The second-order valence-electron chi connectivity index (χ2n) is 6.35. The van der Waals surface area contributed by atoms with Crippen LogP contribution in [0.1, 0.15) is 43.1 Å². The fourth-order valence-electron chi connectivity index (χ4n) is 2.73. The van der Waals surface area contributed by atoms with E-state index in [9.17, 15) is 18.4 Å². The number of carbonyl (C=O) groups is 2. The number of amides is 2. The molecule has 2 aromatic carbocycles. The number of carbonyl (C=O) groups excluding carboxylic acids is 2. The Kier molecular flexibility index (Phi) is 9.05. The van der Waals surface area contributed by atoms with E-state index in [4.69, 9.17) is 14.2 Å². The highest BCUT2D eigenvalue weighted by atomic mass is 19.2. The molecular weight excluding hydrogens is 410 g/mol. The molecule has 2 aromatic rings. The van der Waals surface area contributed by atoms with Crippen LogP contribution in [0.25, 0.3) is 0 Å². The van der Waals surface area contributed by atoms with Crippen LogP contribution >= 0.6 is 0 Å². The van der Waals surface area contributed by atoms with Crippen molar-refractivity contribution < 1.29 is 32.6 Å². The van der Waals surface area contributed by atoms with Crippen molar-refractivity contribution in [3.8, 4) is 17.2 Å². The molecule has 0 aliphatic rings. The average molecular weight is 436 g/mol. The van der Waals surface area contributed by atoms with Gasteiger partial charge in [0.1, 0.15) is 0 Å².